The molecule has 1 aromatic carbocycles. The molecule has 0 atom stereocenters. The molecule has 3 aromatic rings. The molecular formula is C17H16N6O4. The summed E-state index contributed by atoms with van der Waals surface area (Å²) in [4.78, 5) is 35.4. The SMILES string of the molecule is Cn1ccc(C(=O)Nc2cccc(NC(=O)c3ccnn3CC(=O)O)c2)n1. The van der Waals surface area contributed by atoms with Crippen molar-refractivity contribution in [2.75, 3.05) is 10.6 Å². The number of nitrogens with one attached hydrogen (secondary N) is 2. The Labute approximate surface area is 153 Å². The zero-order valence-electron chi connectivity index (χ0n) is 14.3. The normalized spacial score (nSPS) is 10.4. The van der Waals surface area contributed by atoms with Crippen LogP contribution in [0.15, 0.2) is 48.8 Å². The van der Waals surface area contributed by atoms with E-state index >= 15 is 0 Å². The lowest BCUT2D eigenvalue weighted by atomic mass is 10.2. The number of carboxylic acid groups (broad SMARTS) is 1. The van der Waals surface area contributed by atoms with Gasteiger partial charge in [0.05, 0.1) is 0 Å². The average Bonchev–Trinajstić information content (AvgIpc) is 3.23. The standard InChI is InChI=1S/C17H16N6O4/c1-22-8-6-13(21-22)16(26)19-11-3-2-4-12(9-11)20-17(27)14-5-7-18-23(14)10-15(24)25/h2-9H,10H2,1H3,(H,19,26)(H,20,27)(H,24,25). The fourth-order valence-corrected chi connectivity index (χ4v) is 2.38. The lowest BCUT2D eigenvalue weighted by Gasteiger charge is -2.09. The average molecular weight is 368 g/mol. The van der Waals surface area contributed by atoms with Crippen molar-refractivity contribution in [2.45, 2.75) is 6.54 Å². The smallest absolute Gasteiger partial charge is 0.325 e. The van der Waals surface area contributed by atoms with Crippen LogP contribution in [0, 0.1) is 0 Å². The van der Waals surface area contributed by atoms with Crippen LogP contribution >= 0.6 is 0 Å². The number of hydrogen-bond acceptors (Lipinski definition) is 5. The van der Waals surface area contributed by atoms with E-state index in [0.29, 0.717) is 11.4 Å². The first-order chi connectivity index (χ1) is 12.9. The van der Waals surface area contributed by atoms with E-state index in [1.807, 2.05) is 0 Å². The number of aromatic nitrogens is 4. The summed E-state index contributed by atoms with van der Waals surface area (Å²) in [6.07, 6.45) is 3.01. The van der Waals surface area contributed by atoms with Crippen molar-refractivity contribution in [3.05, 3.63) is 60.2 Å². The van der Waals surface area contributed by atoms with Crippen LogP contribution in [0.4, 0.5) is 11.4 Å². The Balaban J connectivity index is 1.70. The van der Waals surface area contributed by atoms with Gasteiger partial charge >= 0.3 is 5.97 Å². The zero-order chi connectivity index (χ0) is 19.4. The molecule has 0 aliphatic rings. The van der Waals surface area contributed by atoms with Crippen molar-refractivity contribution in [1.29, 1.82) is 0 Å². The Bertz CT molecular complexity index is 1010. The third-order valence-electron chi connectivity index (χ3n) is 3.56. The maximum atomic E-state index is 12.4. The Hall–Kier alpha value is -3.95. The van der Waals surface area contributed by atoms with E-state index in [4.69, 9.17) is 5.11 Å². The Morgan fingerprint density at radius 1 is 1.07 bits per heavy atom. The van der Waals surface area contributed by atoms with E-state index in [0.717, 1.165) is 4.68 Å². The number of carbonyl (C=O) groups is 3. The largest absolute Gasteiger partial charge is 0.480 e. The van der Waals surface area contributed by atoms with Gasteiger partial charge in [-0.15, -0.1) is 0 Å². The first-order valence-corrected chi connectivity index (χ1v) is 7.88. The Morgan fingerprint density at radius 2 is 1.78 bits per heavy atom. The van der Waals surface area contributed by atoms with E-state index in [9.17, 15) is 14.4 Å². The molecule has 2 aromatic heterocycles. The van der Waals surface area contributed by atoms with Crippen molar-refractivity contribution >= 4 is 29.2 Å². The third kappa shape index (κ3) is 4.37. The topological polar surface area (TPSA) is 131 Å². The number of nitrogens with zero attached hydrogens (tertiary/aromatic N) is 4. The van der Waals surface area contributed by atoms with E-state index < -0.39 is 18.4 Å². The quantitative estimate of drug-likeness (QED) is 0.599. The molecule has 2 heterocycles. The molecule has 0 saturated carbocycles. The molecule has 0 unspecified atom stereocenters. The first kappa shape index (κ1) is 17.9. The van der Waals surface area contributed by atoms with Gasteiger partial charge in [0, 0.05) is 30.8 Å². The molecule has 0 spiro atoms. The van der Waals surface area contributed by atoms with Crippen molar-refractivity contribution in [2.24, 2.45) is 7.05 Å². The summed E-state index contributed by atoms with van der Waals surface area (Å²) in [5.41, 5.74) is 1.29. The van der Waals surface area contributed by atoms with Crippen LogP contribution in [0.5, 0.6) is 0 Å². The van der Waals surface area contributed by atoms with Crippen LogP contribution in [0.1, 0.15) is 21.0 Å². The highest BCUT2D eigenvalue weighted by molar-refractivity contribution is 6.05. The van der Waals surface area contributed by atoms with Gasteiger partial charge in [0.2, 0.25) is 0 Å². The molecule has 0 fully saturated rings. The monoisotopic (exact) mass is 368 g/mol. The maximum Gasteiger partial charge on any atom is 0.325 e. The second-order valence-electron chi connectivity index (χ2n) is 5.63. The molecule has 27 heavy (non-hydrogen) atoms. The predicted molar refractivity (Wildman–Crippen MR) is 95.4 cm³/mol. The summed E-state index contributed by atoms with van der Waals surface area (Å²) in [5.74, 6) is -1.99. The van der Waals surface area contributed by atoms with Crippen LogP contribution in [0.2, 0.25) is 0 Å². The molecule has 2 amide bonds. The van der Waals surface area contributed by atoms with Gasteiger partial charge in [-0.3, -0.25) is 19.1 Å². The summed E-state index contributed by atoms with van der Waals surface area (Å²) >= 11 is 0. The predicted octanol–water partition coefficient (Wildman–Crippen LogP) is 1.21. The molecule has 138 valence electrons. The van der Waals surface area contributed by atoms with Gasteiger partial charge in [-0.25, -0.2) is 4.68 Å². The third-order valence-corrected chi connectivity index (χ3v) is 3.56. The summed E-state index contributed by atoms with van der Waals surface area (Å²) < 4.78 is 2.61. The number of anilines is 2. The number of aryl methyl sites for hydroxylation is 1. The van der Waals surface area contributed by atoms with Crippen LogP contribution in [0.3, 0.4) is 0 Å². The number of amides is 2. The Morgan fingerprint density at radius 3 is 2.41 bits per heavy atom. The maximum absolute atomic E-state index is 12.4. The lowest BCUT2D eigenvalue weighted by molar-refractivity contribution is -0.137. The molecule has 10 heteroatoms. The van der Waals surface area contributed by atoms with E-state index in [2.05, 4.69) is 20.8 Å². The number of hydrogen-bond donors (Lipinski definition) is 3. The summed E-state index contributed by atoms with van der Waals surface area (Å²) in [6.45, 7) is -0.421. The number of benzene rings is 1. The van der Waals surface area contributed by atoms with Crippen molar-refractivity contribution in [3.63, 3.8) is 0 Å². The summed E-state index contributed by atoms with van der Waals surface area (Å²) in [6, 6.07) is 9.57. The summed E-state index contributed by atoms with van der Waals surface area (Å²) in [5, 5.41) is 22.0. The van der Waals surface area contributed by atoms with Gasteiger partial charge in [0.15, 0.2) is 5.69 Å². The minimum atomic E-state index is -1.10. The van der Waals surface area contributed by atoms with Gasteiger partial charge < -0.3 is 15.7 Å². The number of rotatable bonds is 6. The van der Waals surface area contributed by atoms with Gasteiger partial charge in [0.1, 0.15) is 12.2 Å². The second kappa shape index (κ2) is 7.52. The fraction of sp³-hybridized carbons (Fsp3) is 0.118. The highest BCUT2D eigenvalue weighted by atomic mass is 16.4. The zero-order valence-corrected chi connectivity index (χ0v) is 14.3. The lowest BCUT2D eigenvalue weighted by Crippen LogP contribution is -2.20. The van der Waals surface area contributed by atoms with E-state index in [1.165, 1.54) is 16.9 Å². The van der Waals surface area contributed by atoms with Crippen LogP contribution in [-0.4, -0.2) is 42.5 Å². The highest BCUT2D eigenvalue weighted by Gasteiger charge is 2.15. The minimum Gasteiger partial charge on any atom is -0.480 e. The van der Waals surface area contributed by atoms with Gasteiger partial charge in [-0.1, -0.05) is 6.07 Å². The summed E-state index contributed by atoms with van der Waals surface area (Å²) in [7, 11) is 1.71. The second-order valence-corrected chi connectivity index (χ2v) is 5.63. The van der Waals surface area contributed by atoms with Gasteiger partial charge in [-0.05, 0) is 30.3 Å². The first-order valence-electron chi connectivity index (χ1n) is 7.88. The van der Waals surface area contributed by atoms with Crippen molar-refractivity contribution in [3.8, 4) is 0 Å². The Kier molecular flexibility index (Phi) is 4.97. The highest BCUT2D eigenvalue weighted by Crippen LogP contribution is 2.17. The molecule has 0 saturated heterocycles. The van der Waals surface area contributed by atoms with Crippen molar-refractivity contribution in [1.82, 2.24) is 19.6 Å². The number of carboxylic acids is 1. The van der Waals surface area contributed by atoms with Gasteiger partial charge in [-0.2, -0.15) is 10.2 Å². The van der Waals surface area contributed by atoms with Gasteiger partial charge in [0.25, 0.3) is 11.8 Å². The number of aliphatic carboxylic acids is 1. The molecule has 0 aliphatic carbocycles. The van der Waals surface area contributed by atoms with Crippen LogP contribution in [0.25, 0.3) is 0 Å². The van der Waals surface area contributed by atoms with Crippen LogP contribution < -0.4 is 10.6 Å². The fourth-order valence-electron chi connectivity index (χ4n) is 2.38. The molecule has 10 nitrogen and oxygen atoms in total. The molecule has 0 radical (unpaired) electrons. The van der Waals surface area contributed by atoms with Crippen LogP contribution in [-0.2, 0) is 18.4 Å². The minimum absolute atomic E-state index is 0.111. The molecule has 0 aliphatic heterocycles. The number of carbonyl (C=O) groups excluding carboxylic acids is 2. The molecular weight excluding hydrogens is 352 g/mol. The van der Waals surface area contributed by atoms with E-state index in [1.54, 1.807) is 43.6 Å². The molecule has 3 rings (SSSR count). The molecule has 3 N–H and O–H groups in total. The van der Waals surface area contributed by atoms with Crippen molar-refractivity contribution < 1.29 is 19.5 Å². The van der Waals surface area contributed by atoms with E-state index in [-0.39, 0.29) is 17.3 Å². The molecule has 0 bridgehead atoms.